The van der Waals surface area contributed by atoms with Gasteiger partial charge in [0.05, 0.1) is 11.4 Å². The van der Waals surface area contributed by atoms with Gasteiger partial charge in [0.2, 0.25) is 12.3 Å². The van der Waals surface area contributed by atoms with Crippen LogP contribution in [0.1, 0.15) is 0 Å². The van der Waals surface area contributed by atoms with Crippen molar-refractivity contribution < 1.29 is 4.57 Å². The summed E-state index contributed by atoms with van der Waals surface area (Å²) in [5.74, 6) is 0.536. The first-order valence-electron chi connectivity index (χ1n) is 7.54. The predicted molar refractivity (Wildman–Crippen MR) is 90.9 cm³/mol. The molecule has 0 saturated heterocycles. The average molecular weight is 315 g/mol. The maximum absolute atomic E-state index is 4.53. The van der Waals surface area contributed by atoms with Gasteiger partial charge in [-0.1, -0.05) is 12.1 Å². The first-order valence-corrected chi connectivity index (χ1v) is 7.54. The Kier molecular flexibility index (Phi) is 3.69. The summed E-state index contributed by atoms with van der Waals surface area (Å²) < 4.78 is 2.00. The lowest BCUT2D eigenvalue weighted by atomic mass is 10.2. The largest absolute Gasteiger partial charge is 0.324 e. The Bertz CT molecular complexity index is 935. The Morgan fingerprint density at radius 2 is 1.92 bits per heavy atom. The van der Waals surface area contributed by atoms with Crippen LogP contribution in [0.25, 0.3) is 17.1 Å². The maximum Gasteiger partial charge on any atom is 0.246 e. The zero-order valence-electron chi connectivity index (χ0n) is 12.8. The third-order valence-electron chi connectivity index (χ3n) is 3.53. The van der Waals surface area contributed by atoms with Crippen molar-refractivity contribution in [2.45, 2.75) is 0 Å². The average Bonchev–Trinajstić information content (AvgIpc) is 3.18. The highest BCUT2D eigenvalue weighted by Crippen LogP contribution is 2.18. The van der Waals surface area contributed by atoms with Gasteiger partial charge in [-0.15, -0.1) is 0 Å². The second-order valence-electron chi connectivity index (χ2n) is 5.17. The van der Waals surface area contributed by atoms with Crippen molar-refractivity contribution in [3.8, 4) is 17.1 Å². The SMILES string of the molecule is c1ccc(-c2ccnc(Nc3cccc(-[n+]4cc[nH]c4)c3)n2)nc1. The fraction of sp³-hybridized carbons (Fsp3) is 0. The third kappa shape index (κ3) is 2.98. The molecule has 0 saturated carbocycles. The molecule has 3 heterocycles. The zero-order valence-corrected chi connectivity index (χ0v) is 12.8. The van der Waals surface area contributed by atoms with Gasteiger partial charge in [-0.2, -0.15) is 0 Å². The van der Waals surface area contributed by atoms with Gasteiger partial charge in [0.1, 0.15) is 18.1 Å². The number of aromatic amines is 1. The van der Waals surface area contributed by atoms with E-state index in [1.54, 1.807) is 12.4 Å². The van der Waals surface area contributed by atoms with Crippen LogP contribution < -0.4 is 9.88 Å². The minimum absolute atomic E-state index is 0.536. The molecule has 0 fully saturated rings. The van der Waals surface area contributed by atoms with Crippen molar-refractivity contribution >= 4 is 11.6 Å². The number of imidazole rings is 1. The van der Waals surface area contributed by atoms with Crippen LogP contribution in [0.15, 0.2) is 79.6 Å². The lowest BCUT2D eigenvalue weighted by Gasteiger charge is -2.07. The van der Waals surface area contributed by atoms with Crippen LogP contribution in [-0.4, -0.2) is 19.9 Å². The minimum atomic E-state index is 0.536. The van der Waals surface area contributed by atoms with E-state index in [-0.39, 0.29) is 0 Å². The summed E-state index contributed by atoms with van der Waals surface area (Å²) in [6.45, 7) is 0. The molecule has 3 aromatic heterocycles. The molecular weight excluding hydrogens is 300 g/mol. The van der Waals surface area contributed by atoms with Gasteiger partial charge in [-0.05, 0) is 30.3 Å². The van der Waals surface area contributed by atoms with E-state index in [9.17, 15) is 0 Å². The van der Waals surface area contributed by atoms with Crippen LogP contribution in [0, 0.1) is 0 Å². The first kappa shape index (κ1) is 14.1. The van der Waals surface area contributed by atoms with Crippen molar-refractivity contribution in [3.05, 3.63) is 79.6 Å². The molecule has 24 heavy (non-hydrogen) atoms. The van der Waals surface area contributed by atoms with Crippen molar-refractivity contribution in [1.82, 2.24) is 19.9 Å². The predicted octanol–water partition coefficient (Wildman–Crippen LogP) is 2.89. The van der Waals surface area contributed by atoms with Gasteiger partial charge in [-0.3, -0.25) is 4.98 Å². The van der Waals surface area contributed by atoms with Crippen LogP contribution >= 0.6 is 0 Å². The molecule has 0 aliphatic heterocycles. The number of nitrogens with zero attached hydrogens (tertiary/aromatic N) is 4. The van der Waals surface area contributed by atoms with E-state index in [4.69, 9.17) is 0 Å². The summed E-state index contributed by atoms with van der Waals surface area (Å²) in [5.41, 5.74) is 3.56. The van der Waals surface area contributed by atoms with Crippen LogP contribution in [0.2, 0.25) is 0 Å². The molecule has 4 rings (SSSR count). The molecule has 0 bridgehead atoms. The number of benzene rings is 1. The number of hydrogen-bond donors (Lipinski definition) is 2. The van der Waals surface area contributed by atoms with Gasteiger partial charge in [0.15, 0.2) is 0 Å². The van der Waals surface area contributed by atoms with Crippen molar-refractivity contribution in [2.75, 3.05) is 5.32 Å². The van der Waals surface area contributed by atoms with Crippen LogP contribution in [-0.2, 0) is 0 Å². The minimum Gasteiger partial charge on any atom is -0.324 e. The smallest absolute Gasteiger partial charge is 0.246 e. The number of anilines is 2. The van der Waals surface area contributed by atoms with Gasteiger partial charge in [-0.25, -0.2) is 19.5 Å². The summed E-state index contributed by atoms with van der Waals surface area (Å²) >= 11 is 0. The molecule has 0 amide bonds. The molecule has 0 aliphatic rings. The van der Waals surface area contributed by atoms with Crippen LogP contribution in [0.5, 0.6) is 0 Å². The van der Waals surface area contributed by atoms with Gasteiger partial charge in [0.25, 0.3) is 0 Å². The lowest BCUT2D eigenvalue weighted by Crippen LogP contribution is -2.26. The summed E-state index contributed by atoms with van der Waals surface area (Å²) in [6, 6.07) is 15.6. The molecular formula is C18H15N6+. The first-order chi connectivity index (χ1) is 11.9. The molecule has 0 aliphatic carbocycles. The Balaban J connectivity index is 1.61. The summed E-state index contributed by atoms with van der Waals surface area (Å²) in [5, 5.41) is 3.24. The Morgan fingerprint density at radius 3 is 2.75 bits per heavy atom. The van der Waals surface area contributed by atoms with Gasteiger partial charge < -0.3 is 5.32 Å². The van der Waals surface area contributed by atoms with Crippen LogP contribution in [0.3, 0.4) is 0 Å². The van der Waals surface area contributed by atoms with Gasteiger partial charge >= 0.3 is 0 Å². The molecule has 0 radical (unpaired) electrons. The highest BCUT2D eigenvalue weighted by Gasteiger charge is 2.06. The highest BCUT2D eigenvalue weighted by atomic mass is 15.1. The molecule has 0 spiro atoms. The maximum atomic E-state index is 4.53. The van der Waals surface area contributed by atoms with E-state index >= 15 is 0 Å². The third-order valence-corrected chi connectivity index (χ3v) is 3.53. The van der Waals surface area contributed by atoms with E-state index < -0.39 is 0 Å². The number of H-pyrrole nitrogens is 1. The number of rotatable bonds is 4. The molecule has 0 atom stereocenters. The second kappa shape index (κ2) is 6.29. The zero-order chi connectivity index (χ0) is 16.2. The molecule has 6 heteroatoms. The number of hydrogen-bond acceptors (Lipinski definition) is 4. The number of pyridine rings is 1. The molecule has 0 unspecified atom stereocenters. The highest BCUT2D eigenvalue weighted by molar-refractivity contribution is 5.59. The molecule has 2 N–H and O–H groups in total. The topological polar surface area (TPSA) is 70.4 Å². The van der Waals surface area contributed by atoms with Crippen molar-refractivity contribution in [2.24, 2.45) is 0 Å². The Labute approximate surface area is 138 Å². The standard InChI is InChI=1S/C18H14N6/c1-2-8-20-16(6-1)17-7-9-21-18(23-17)22-14-4-3-5-15(12-14)24-11-10-19-13-24/h1-13H,(H,21,22,23)/p+1. The van der Waals surface area contributed by atoms with E-state index in [1.165, 1.54) is 0 Å². The van der Waals surface area contributed by atoms with E-state index in [0.717, 1.165) is 22.8 Å². The molecule has 6 nitrogen and oxygen atoms in total. The normalized spacial score (nSPS) is 10.5. The number of aromatic nitrogens is 5. The Hall–Kier alpha value is -3.54. The molecule has 1 aromatic carbocycles. The molecule has 116 valence electrons. The van der Waals surface area contributed by atoms with Crippen molar-refractivity contribution in [1.29, 1.82) is 0 Å². The molecule has 4 aromatic rings. The van der Waals surface area contributed by atoms with E-state index in [1.807, 2.05) is 71.8 Å². The fourth-order valence-corrected chi connectivity index (χ4v) is 2.40. The fourth-order valence-electron chi connectivity index (χ4n) is 2.40. The van der Waals surface area contributed by atoms with Crippen LogP contribution in [0.4, 0.5) is 11.6 Å². The lowest BCUT2D eigenvalue weighted by molar-refractivity contribution is -0.594. The van der Waals surface area contributed by atoms with Gasteiger partial charge in [0, 0.05) is 24.1 Å². The monoisotopic (exact) mass is 315 g/mol. The second-order valence-corrected chi connectivity index (χ2v) is 5.17. The summed E-state index contributed by atoms with van der Waals surface area (Å²) in [7, 11) is 0. The summed E-state index contributed by atoms with van der Waals surface area (Å²) in [4.78, 5) is 16.2. The summed E-state index contributed by atoms with van der Waals surface area (Å²) in [6.07, 6.45) is 9.19. The van der Waals surface area contributed by atoms with Crippen molar-refractivity contribution in [3.63, 3.8) is 0 Å². The number of nitrogens with one attached hydrogen (secondary N) is 2. The Morgan fingerprint density at radius 1 is 0.917 bits per heavy atom. The van der Waals surface area contributed by atoms with E-state index in [0.29, 0.717) is 5.95 Å². The quantitative estimate of drug-likeness (QED) is 0.568. The van der Waals surface area contributed by atoms with E-state index in [2.05, 4.69) is 25.3 Å².